The monoisotopic (exact) mass is 186 g/mol. The van der Waals surface area contributed by atoms with Crippen LogP contribution in [0.25, 0.3) is 0 Å². The Labute approximate surface area is 78.9 Å². The maximum Gasteiger partial charge on any atom is 0.0297 e. The lowest BCUT2D eigenvalue weighted by atomic mass is 10.00. The first-order valence-corrected chi connectivity index (χ1v) is 5.93. The van der Waals surface area contributed by atoms with Crippen LogP contribution in [0.3, 0.4) is 0 Å². The van der Waals surface area contributed by atoms with Crippen molar-refractivity contribution < 1.29 is 0 Å². The number of nitrogens with zero attached hydrogens (tertiary/aromatic N) is 1. The molecule has 2 fully saturated rings. The van der Waals surface area contributed by atoms with Crippen molar-refractivity contribution >= 4 is 11.8 Å². The molecule has 2 saturated heterocycles. The largest absolute Gasteiger partial charge is 0.325 e. The van der Waals surface area contributed by atoms with Gasteiger partial charge in [0.15, 0.2) is 0 Å². The van der Waals surface area contributed by atoms with Gasteiger partial charge in [-0.15, -0.1) is 0 Å². The lowest BCUT2D eigenvalue weighted by molar-refractivity contribution is 0.0869. The summed E-state index contributed by atoms with van der Waals surface area (Å²) in [5.74, 6) is 1.36. The summed E-state index contributed by atoms with van der Waals surface area (Å²) in [6, 6.07) is 1.28. The maximum absolute atomic E-state index is 5.77. The zero-order chi connectivity index (χ0) is 8.55. The SMILES string of the molecule is CC1SCCCC1N1CC(N)C1. The molecular weight excluding hydrogens is 168 g/mol. The minimum atomic E-state index is 0.462. The first kappa shape index (κ1) is 8.85. The second-order valence-electron chi connectivity index (χ2n) is 4.00. The van der Waals surface area contributed by atoms with Gasteiger partial charge in [0.05, 0.1) is 0 Å². The van der Waals surface area contributed by atoms with Gasteiger partial charge in [0, 0.05) is 30.4 Å². The lowest BCUT2D eigenvalue weighted by Crippen LogP contribution is -2.61. The average molecular weight is 186 g/mol. The van der Waals surface area contributed by atoms with E-state index >= 15 is 0 Å². The van der Waals surface area contributed by atoms with Crippen LogP contribution in [0.2, 0.25) is 0 Å². The standard InChI is InChI=1S/C9H18N2S/c1-7-9(3-2-4-12-7)11-5-8(10)6-11/h7-9H,2-6,10H2,1H3. The van der Waals surface area contributed by atoms with Gasteiger partial charge in [-0.1, -0.05) is 6.92 Å². The zero-order valence-corrected chi connectivity index (χ0v) is 8.52. The molecule has 0 aromatic carbocycles. The van der Waals surface area contributed by atoms with Crippen molar-refractivity contribution in [2.24, 2.45) is 5.73 Å². The molecule has 2 aliphatic heterocycles. The molecule has 0 aliphatic carbocycles. The summed E-state index contributed by atoms with van der Waals surface area (Å²) in [4.78, 5) is 2.56. The van der Waals surface area contributed by atoms with E-state index in [4.69, 9.17) is 5.73 Å². The number of hydrogen-bond donors (Lipinski definition) is 1. The van der Waals surface area contributed by atoms with E-state index in [1.54, 1.807) is 0 Å². The van der Waals surface area contributed by atoms with Crippen LogP contribution in [0.1, 0.15) is 19.8 Å². The molecule has 0 amide bonds. The summed E-state index contributed by atoms with van der Waals surface area (Å²) >= 11 is 2.12. The van der Waals surface area contributed by atoms with Crippen molar-refractivity contribution in [1.82, 2.24) is 4.90 Å². The van der Waals surface area contributed by atoms with Gasteiger partial charge in [0.1, 0.15) is 0 Å². The normalized spacial score (nSPS) is 39.5. The second kappa shape index (κ2) is 3.56. The van der Waals surface area contributed by atoms with Gasteiger partial charge >= 0.3 is 0 Å². The van der Waals surface area contributed by atoms with Crippen molar-refractivity contribution in [3.8, 4) is 0 Å². The van der Waals surface area contributed by atoms with E-state index in [9.17, 15) is 0 Å². The van der Waals surface area contributed by atoms with Gasteiger partial charge in [-0.05, 0) is 18.6 Å². The van der Waals surface area contributed by atoms with Gasteiger partial charge in [-0.25, -0.2) is 0 Å². The molecule has 2 atom stereocenters. The van der Waals surface area contributed by atoms with Crippen molar-refractivity contribution in [3.63, 3.8) is 0 Å². The molecule has 2 nitrogen and oxygen atoms in total. The molecule has 0 spiro atoms. The Bertz CT molecular complexity index is 157. The van der Waals surface area contributed by atoms with Crippen LogP contribution < -0.4 is 5.73 Å². The third-order valence-electron chi connectivity index (χ3n) is 2.97. The van der Waals surface area contributed by atoms with E-state index in [0.29, 0.717) is 6.04 Å². The Morgan fingerprint density at radius 1 is 1.42 bits per heavy atom. The quantitative estimate of drug-likeness (QED) is 0.660. The predicted octanol–water partition coefficient (Wildman–Crippen LogP) is 0.913. The molecule has 12 heavy (non-hydrogen) atoms. The highest BCUT2D eigenvalue weighted by molar-refractivity contribution is 7.99. The lowest BCUT2D eigenvalue weighted by Gasteiger charge is -2.46. The summed E-state index contributed by atoms with van der Waals surface area (Å²) in [6.07, 6.45) is 2.78. The molecule has 0 bridgehead atoms. The van der Waals surface area contributed by atoms with Crippen LogP contribution in [0.15, 0.2) is 0 Å². The van der Waals surface area contributed by atoms with Gasteiger partial charge in [0.25, 0.3) is 0 Å². The molecule has 2 N–H and O–H groups in total. The van der Waals surface area contributed by atoms with Crippen LogP contribution in [0, 0.1) is 0 Å². The van der Waals surface area contributed by atoms with Crippen LogP contribution in [0.4, 0.5) is 0 Å². The molecule has 2 rings (SSSR count). The smallest absolute Gasteiger partial charge is 0.0297 e. The summed E-state index contributed by atoms with van der Waals surface area (Å²) in [7, 11) is 0. The maximum atomic E-state index is 5.77. The van der Waals surface area contributed by atoms with E-state index in [1.807, 2.05) is 0 Å². The predicted molar refractivity (Wildman–Crippen MR) is 54.5 cm³/mol. The molecule has 2 heterocycles. The van der Waals surface area contributed by atoms with Crippen molar-refractivity contribution in [3.05, 3.63) is 0 Å². The molecule has 2 aliphatic rings. The Morgan fingerprint density at radius 2 is 2.17 bits per heavy atom. The highest BCUT2D eigenvalue weighted by atomic mass is 32.2. The van der Waals surface area contributed by atoms with Crippen LogP contribution >= 0.6 is 11.8 Å². The van der Waals surface area contributed by atoms with Gasteiger partial charge < -0.3 is 5.73 Å². The van der Waals surface area contributed by atoms with Gasteiger partial charge in [-0.2, -0.15) is 11.8 Å². The van der Waals surface area contributed by atoms with Crippen molar-refractivity contribution in [2.75, 3.05) is 18.8 Å². The fourth-order valence-corrected chi connectivity index (χ4v) is 3.44. The highest BCUT2D eigenvalue weighted by Crippen LogP contribution is 2.30. The number of nitrogens with two attached hydrogens (primary N) is 1. The third-order valence-corrected chi connectivity index (χ3v) is 4.34. The zero-order valence-electron chi connectivity index (χ0n) is 7.70. The molecule has 0 saturated carbocycles. The first-order chi connectivity index (χ1) is 5.77. The molecule has 2 unspecified atom stereocenters. The second-order valence-corrected chi connectivity index (χ2v) is 5.48. The van der Waals surface area contributed by atoms with E-state index in [2.05, 4.69) is 23.6 Å². The first-order valence-electron chi connectivity index (χ1n) is 4.88. The summed E-state index contributed by atoms with van der Waals surface area (Å²) in [5, 5.41) is 0.825. The van der Waals surface area contributed by atoms with E-state index in [1.165, 1.54) is 18.6 Å². The van der Waals surface area contributed by atoms with Gasteiger partial charge in [-0.3, -0.25) is 4.90 Å². The highest BCUT2D eigenvalue weighted by Gasteiger charge is 2.34. The van der Waals surface area contributed by atoms with Crippen LogP contribution in [-0.4, -0.2) is 41.1 Å². The topological polar surface area (TPSA) is 29.3 Å². The fraction of sp³-hybridized carbons (Fsp3) is 1.00. The molecule has 0 aromatic rings. The summed E-state index contributed by atoms with van der Waals surface area (Å²) < 4.78 is 0. The van der Waals surface area contributed by atoms with E-state index in [0.717, 1.165) is 24.4 Å². The molecular formula is C9H18N2S. The average Bonchev–Trinajstić information content (AvgIpc) is 2.01. The van der Waals surface area contributed by atoms with Crippen molar-refractivity contribution in [1.29, 1.82) is 0 Å². The van der Waals surface area contributed by atoms with E-state index in [-0.39, 0.29) is 0 Å². The number of thioether (sulfide) groups is 1. The Hall–Kier alpha value is 0.270. The minimum Gasteiger partial charge on any atom is -0.325 e. The number of hydrogen-bond acceptors (Lipinski definition) is 3. The van der Waals surface area contributed by atoms with Crippen LogP contribution in [0.5, 0.6) is 0 Å². The Morgan fingerprint density at radius 3 is 2.75 bits per heavy atom. The third kappa shape index (κ3) is 1.63. The summed E-state index contributed by atoms with van der Waals surface area (Å²) in [5.41, 5.74) is 5.77. The number of rotatable bonds is 1. The molecule has 0 radical (unpaired) electrons. The van der Waals surface area contributed by atoms with Crippen LogP contribution in [-0.2, 0) is 0 Å². The fourth-order valence-electron chi connectivity index (χ4n) is 2.21. The molecule has 3 heteroatoms. The van der Waals surface area contributed by atoms with Crippen molar-refractivity contribution in [2.45, 2.75) is 37.1 Å². The molecule has 0 aromatic heterocycles. The molecule has 70 valence electrons. The van der Waals surface area contributed by atoms with Gasteiger partial charge in [0.2, 0.25) is 0 Å². The Kier molecular flexibility index (Phi) is 2.63. The van der Waals surface area contributed by atoms with E-state index < -0.39 is 0 Å². The number of likely N-dealkylation sites (tertiary alicyclic amines) is 1. The Balaban J connectivity index is 1.85. The summed E-state index contributed by atoms with van der Waals surface area (Å²) in [6.45, 7) is 4.63. The minimum absolute atomic E-state index is 0.462.